The third kappa shape index (κ3) is 4.40. The van der Waals surface area contributed by atoms with Crippen LogP contribution in [0, 0.1) is 24.0 Å². The number of non-ortho nitro benzene ring substituents is 1. The molecule has 2 rings (SSSR count). The number of amides is 2. The van der Waals surface area contributed by atoms with Crippen LogP contribution in [0.2, 0.25) is 0 Å². The molecule has 0 radical (unpaired) electrons. The molecule has 0 aliphatic rings. The number of nitrogens with one attached hydrogen (secondary N) is 2. The highest BCUT2D eigenvalue weighted by Gasteiger charge is 2.13. The molecule has 2 N–H and O–H groups in total. The first kappa shape index (κ1) is 18.1. The molecule has 0 unspecified atom stereocenters. The number of nitro groups is 1. The molecule has 0 atom stereocenters. The number of carbonyl (C=O) groups is 2. The highest BCUT2D eigenvalue weighted by Crippen LogP contribution is 2.18. The fraction of sp³-hybridized carbons (Fsp3) is 0.312. The normalized spacial score (nSPS) is 10.4. The molecule has 2 amide bonds. The first-order valence-electron chi connectivity index (χ1n) is 7.62. The molecule has 0 saturated heterocycles. The zero-order chi connectivity index (χ0) is 18.6. The van der Waals surface area contributed by atoms with Crippen molar-refractivity contribution in [3.63, 3.8) is 0 Å². The van der Waals surface area contributed by atoms with Crippen LogP contribution in [0.15, 0.2) is 24.3 Å². The van der Waals surface area contributed by atoms with Gasteiger partial charge in [-0.25, -0.2) is 0 Å². The Morgan fingerprint density at radius 3 is 2.40 bits per heavy atom. The fourth-order valence-electron chi connectivity index (χ4n) is 2.28. The molecular weight excluding hydrogens is 326 g/mol. The highest BCUT2D eigenvalue weighted by atomic mass is 16.6. The quantitative estimate of drug-likeness (QED) is 0.610. The van der Waals surface area contributed by atoms with Crippen LogP contribution < -0.4 is 10.6 Å². The molecule has 0 bridgehead atoms. The van der Waals surface area contributed by atoms with E-state index in [1.54, 1.807) is 18.7 Å². The smallest absolute Gasteiger partial charge is 0.269 e. The second-order valence-electron chi connectivity index (χ2n) is 5.53. The number of nitro benzene ring substituents is 1. The molecule has 0 aliphatic heterocycles. The summed E-state index contributed by atoms with van der Waals surface area (Å²) in [5.41, 5.74) is 2.46. The first-order valence-corrected chi connectivity index (χ1v) is 7.62. The Hall–Kier alpha value is -3.23. The Morgan fingerprint density at radius 1 is 1.24 bits per heavy atom. The number of rotatable bonds is 6. The number of hydrogen-bond acceptors (Lipinski definition) is 5. The summed E-state index contributed by atoms with van der Waals surface area (Å²) < 4.78 is 1.68. The summed E-state index contributed by atoms with van der Waals surface area (Å²) in [5.74, 6) is -0.625. The van der Waals surface area contributed by atoms with Gasteiger partial charge in [0.1, 0.15) is 0 Å². The lowest BCUT2D eigenvalue weighted by atomic mass is 10.2. The van der Waals surface area contributed by atoms with Crippen LogP contribution in [0.5, 0.6) is 0 Å². The van der Waals surface area contributed by atoms with E-state index in [4.69, 9.17) is 0 Å². The van der Waals surface area contributed by atoms with Gasteiger partial charge in [-0.15, -0.1) is 0 Å². The van der Waals surface area contributed by atoms with Crippen LogP contribution in [-0.4, -0.2) is 33.1 Å². The predicted molar refractivity (Wildman–Crippen MR) is 91.4 cm³/mol. The number of nitrogens with zero attached hydrogens (tertiary/aromatic N) is 3. The molecule has 0 aliphatic carbocycles. The van der Waals surface area contributed by atoms with Gasteiger partial charge < -0.3 is 10.6 Å². The van der Waals surface area contributed by atoms with E-state index in [9.17, 15) is 19.7 Å². The van der Waals surface area contributed by atoms with Crippen LogP contribution in [0.25, 0.3) is 0 Å². The lowest BCUT2D eigenvalue weighted by molar-refractivity contribution is -0.384. The van der Waals surface area contributed by atoms with Crippen molar-refractivity contribution < 1.29 is 14.5 Å². The molecule has 2 aromatic rings. The Balaban J connectivity index is 1.84. The second-order valence-corrected chi connectivity index (χ2v) is 5.53. The van der Waals surface area contributed by atoms with Crippen LogP contribution in [-0.2, 0) is 11.8 Å². The van der Waals surface area contributed by atoms with Gasteiger partial charge in [0.15, 0.2) is 0 Å². The number of anilines is 1. The average Bonchev–Trinajstić information content (AvgIpc) is 2.81. The van der Waals surface area contributed by atoms with Crippen molar-refractivity contribution >= 4 is 23.2 Å². The summed E-state index contributed by atoms with van der Waals surface area (Å²) in [4.78, 5) is 34.0. The number of benzene rings is 1. The third-order valence-electron chi connectivity index (χ3n) is 3.75. The van der Waals surface area contributed by atoms with E-state index in [-0.39, 0.29) is 24.6 Å². The number of aromatic nitrogens is 2. The molecular formula is C16H19N5O4. The minimum atomic E-state index is -0.533. The standard InChI is InChI=1S/C16H19N5O4/c1-10-15(11(2)20(3)19-10)18-14(22)8-9-17-16(23)12-4-6-13(7-5-12)21(24)25/h4-7H,8-9H2,1-3H3,(H,17,23)(H,18,22). The summed E-state index contributed by atoms with van der Waals surface area (Å²) in [6.45, 7) is 3.81. The summed E-state index contributed by atoms with van der Waals surface area (Å²) in [7, 11) is 1.79. The Morgan fingerprint density at radius 2 is 1.88 bits per heavy atom. The summed E-state index contributed by atoms with van der Waals surface area (Å²) in [5, 5.41) is 20.2. The number of aryl methyl sites for hydroxylation is 2. The molecule has 0 saturated carbocycles. The van der Waals surface area contributed by atoms with Gasteiger partial charge in [0.2, 0.25) is 5.91 Å². The molecule has 0 fully saturated rings. The predicted octanol–water partition coefficient (Wildman–Crippen LogP) is 1.70. The summed E-state index contributed by atoms with van der Waals surface area (Å²) >= 11 is 0. The monoisotopic (exact) mass is 345 g/mol. The van der Waals surface area contributed by atoms with E-state index in [2.05, 4.69) is 15.7 Å². The largest absolute Gasteiger partial charge is 0.352 e. The van der Waals surface area contributed by atoms with Crippen LogP contribution in [0.3, 0.4) is 0 Å². The zero-order valence-electron chi connectivity index (χ0n) is 14.2. The molecule has 1 aromatic carbocycles. The topological polar surface area (TPSA) is 119 Å². The highest BCUT2D eigenvalue weighted by molar-refractivity contribution is 5.95. The second kappa shape index (κ2) is 7.56. The summed E-state index contributed by atoms with van der Waals surface area (Å²) in [6.07, 6.45) is 0.104. The van der Waals surface area contributed by atoms with Crippen LogP contribution >= 0.6 is 0 Å². The van der Waals surface area contributed by atoms with Gasteiger partial charge in [-0.1, -0.05) is 0 Å². The minimum Gasteiger partial charge on any atom is -0.352 e. The van der Waals surface area contributed by atoms with Crippen molar-refractivity contribution in [2.45, 2.75) is 20.3 Å². The van der Waals surface area contributed by atoms with Gasteiger partial charge in [-0.2, -0.15) is 5.10 Å². The first-order chi connectivity index (χ1) is 11.8. The molecule has 25 heavy (non-hydrogen) atoms. The van der Waals surface area contributed by atoms with E-state index >= 15 is 0 Å². The Bertz CT molecular complexity index is 811. The maximum absolute atomic E-state index is 12.0. The number of carbonyl (C=O) groups excluding carboxylic acids is 2. The van der Waals surface area contributed by atoms with Gasteiger partial charge in [-0.05, 0) is 26.0 Å². The Kier molecular flexibility index (Phi) is 5.48. The fourth-order valence-corrected chi connectivity index (χ4v) is 2.28. The van der Waals surface area contributed by atoms with Crippen molar-refractivity contribution in [3.8, 4) is 0 Å². The number of hydrogen-bond donors (Lipinski definition) is 2. The Labute approximate surface area is 144 Å². The molecule has 132 valence electrons. The van der Waals surface area contributed by atoms with E-state index in [1.807, 2.05) is 6.92 Å². The lowest BCUT2D eigenvalue weighted by Gasteiger charge is -2.07. The SMILES string of the molecule is Cc1nn(C)c(C)c1NC(=O)CCNC(=O)c1ccc([N+](=O)[O-])cc1. The molecule has 1 aromatic heterocycles. The minimum absolute atomic E-state index is 0.0851. The van der Waals surface area contributed by atoms with Crippen LogP contribution in [0.1, 0.15) is 28.2 Å². The molecule has 9 nitrogen and oxygen atoms in total. The van der Waals surface area contributed by atoms with Gasteiger partial charge >= 0.3 is 0 Å². The van der Waals surface area contributed by atoms with Gasteiger partial charge in [0.25, 0.3) is 11.6 Å². The van der Waals surface area contributed by atoms with Gasteiger partial charge in [-0.3, -0.25) is 24.4 Å². The third-order valence-corrected chi connectivity index (χ3v) is 3.75. The molecule has 1 heterocycles. The van der Waals surface area contributed by atoms with Crippen molar-refractivity contribution in [2.24, 2.45) is 7.05 Å². The zero-order valence-corrected chi connectivity index (χ0v) is 14.2. The van der Waals surface area contributed by atoms with Crippen molar-refractivity contribution in [3.05, 3.63) is 51.3 Å². The lowest BCUT2D eigenvalue weighted by Crippen LogP contribution is -2.27. The van der Waals surface area contributed by atoms with Crippen molar-refractivity contribution in [2.75, 3.05) is 11.9 Å². The van der Waals surface area contributed by atoms with E-state index in [0.29, 0.717) is 11.3 Å². The molecule has 0 spiro atoms. The van der Waals surface area contributed by atoms with Gasteiger partial charge in [0, 0.05) is 37.7 Å². The summed E-state index contributed by atoms with van der Waals surface area (Å²) in [6, 6.07) is 5.26. The maximum atomic E-state index is 12.0. The molecule has 9 heteroatoms. The van der Waals surface area contributed by atoms with Gasteiger partial charge in [0.05, 0.1) is 22.0 Å². The van der Waals surface area contributed by atoms with E-state index < -0.39 is 10.8 Å². The van der Waals surface area contributed by atoms with E-state index in [1.165, 1.54) is 24.3 Å². The maximum Gasteiger partial charge on any atom is 0.269 e. The average molecular weight is 345 g/mol. The van der Waals surface area contributed by atoms with Crippen LogP contribution in [0.4, 0.5) is 11.4 Å². The van der Waals surface area contributed by atoms with Crippen molar-refractivity contribution in [1.29, 1.82) is 0 Å². The van der Waals surface area contributed by atoms with E-state index in [0.717, 1.165) is 11.4 Å². The van der Waals surface area contributed by atoms with Crippen molar-refractivity contribution in [1.82, 2.24) is 15.1 Å².